The van der Waals surface area contributed by atoms with Gasteiger partial charge < -0.3 is 9.88 Å². The number of rotatable bonds is 4. The van der Waals surface area contributed by atoms with Gasteiger partial charge in [0.25, 0.3) is 0 Å². The minimum atomic E-state index is -0.312. The molecule has 1 atom stereocenters. The Kier molecular flexibility index (Phi) is 4.99. The van der Waals surface area contributed by atoms with Gasteiger partial charge in [0, 0.05) is 22.1 Å². The maximum absolute atomic E-state index is 13.0. The number of amides is 1. The average molecular weight is 403 g/mol. The molecule has 0 saturated heterocycles. The molecule has 0 aliphatic heterocycles. The third kappa shape index (κ3) is 3.96. The van der Waals surface area contributed by atoms with Crippen LogP contribution in [0.15, 0.2) is 64.0 Å². The minimum Gasteiger partial charge on any atom is -0.348 e. The number of carbonyl (C=O) groups excluding carboxylic acids is 1. The Labute approximate surface area is 152 Å². The van der Waals surface area contributed by atoms with Gasteiger partial charge in [0.2, 0.25) is 5.91 Å². The molecule has 128 valence electrons. The van der Waals surface area contributed by atoms with Crippen molar-refractivity contribution in [3.8, 4) is 0 Å². The molecule has 1 aromatic heterocycles. The maximum atomic E-state index is 13.0. The smallest absolute Gasteiger partial charge is 0.240 e. The van der Waals surface area contributed by atoms with E-state index in [1.54, 1.807) is 35.0 Å². The Hall–Kier alpha value is -2.47. The Balaban J connectivity index is 1.79. The third-order valence-corrected chi connectivity index (χ3v) is 4.49. The van der Waals surface area contributed by atoms with E-state index in [1.165, 1.54) is 18.2 Å². The molecule has 0 fully saturated rings. The van der Waals surface area contributed by atoms with Crippen LogP contribution in [0, 0.1) is 5.82 Å². The van der Waals surface area contributed by atoms with E-state index in [1.807, 2.05) is 13.0 Å². The zero-order valence-corrected chi connectivity index (χ0v) is 15.1. The lowest BCUT2D eigenvalue weighted by Crippen LogP contribution is -2.30. The van der Waals surface area contributed by atoms with Gasteiger partial charge in [-0.15, -0.1) is 0 Å². The van der Waals surface area contributed by atoms with E-state index < -0.39 is 0 Å². The van der Waals surface area contributed by atoms with Gasteiger partial charge in [0.1, 0.15) is 12.4 Å². The van der Waals surface area contributed by atoms with Crippen LogP contribution >= 0.6 is 15.9 Å². The van der Waals surface area contributed by atoms with E-state index in [4.69, 9.17) is 0 Å². The summed E-state index contributed by atoms with van der Waals surface area (Å²) < 4.78 is 15.5. The highest BCUT2D eigenvalue weighted by Gasteiger charge is 2.12. The lowest BCUT2D eigenvalue weighted by Gasteiger charge is -2.16. The number of nitrogens with one attached hydrogen (secondary N) is 1. The van der Waals surface area contributed by atoms with Crippen LogP contribution < -0.4 is 10.7 Å². The first-order chi connectivity index (χ1) is 11.9. The fraction of sp³-hybridized carbons (Fsp3) is 0.158. The normalized spacial score (nSPS) is 12.1. The van der Waals surface area contributed by atoms with Crippen molar-refractivity contribution in [2.24, 2.45) is 0 Å². The molecule has 1 N–H and O–H groups in total. The highest BCUT2D eigenvalue weighted by Crippen LogP contribution is 2.17. The van der Waals surface area contributed by atoms with Crippen molar-refractivity contribution in [1.82, 2.24) is 9.88 Å². The van der Waals surface area contributed by atoms with E-state index in [0.29, 0.717) is 10.9 Å². The van der Waals surface area contributed by atoms with Gasteiger partial charge in [0.15, 0.2) is 5.43 Å². The maximum Gasteiger partial charge on any atom is 0.240 e. The molecule has 6 heteroatoms. The summed E-state index contributed by atoms with van der Waals surface area (Å²) >= 11 is 3.35. The highest BCUT2D eigenvalue weighted by atomic mass is 79.9. The van der Waals surface area contributed by atoms with Crippen LogP contribution in [-0.2, 0) is 11.3 Å². The Morgan fingerprint density at radius 1 is 1.20 bits per heavy atom. The van der Waals surface area contributed by atoms with Crippen molar-refractivity contribution in [3.63, 3.8) is 0 Å². The SMILES string of the molecule is C[C@H](NC(=O)Cn1ccc(=O)c2cc(Br)ccc21)c1ccc(F)cc1. The summed E-state index contributed by atoms with van der Waals surface area (Å²) in [4.78, 5) is 24.4. The molecule has 3 aromatic rings. The predicted molar refractivity (Wildman–Crippen MR) is 98.9 cm³/mol. The van der Waals surface area contributed by atoms with E-state index >= 15 is 0 Å². The number of fused-ring (bicyclic) bond motifs is 1. The van der Waals surface area contributed by atoms with Crippen molar-refractivity contribution < 1.29 is 9.18 Å². The Bertz CT molecular complexity index is 983. The summed E-state index contributed by atoms with van der Waals surface area (Å²) in [5.41, 5.74) is 1.43. The molecule has 0 spiro atoms. The van der Waals surface area contributed by atoms with Crippen LogP contribution in [0.3, 0.4) is 0 Å². The van der Waals surface area contributed by atoms with E-state index in [2.05, 4.69) is 21.2 Å². The van der Waals surface area contributed by atoms with Crippen molar-refractivity contribution in [2.75, 3.05) is 0 Å². The Morgan fingerprint density at radius 3 is 2.64 bits per heavy atom. The lowest BCUT2D eigenvalue weighted by atomic mass is 10.1. The van der Waals surface area contributed by atoms with Gasteiger partial charge in [-0.1, -0.05) is 28.1 Å². The average Bonchev–Trinajstić information content (AvgIpc) is 2.58. The summed E-state index contributed by atoms with van der Waals surface area (Å²) in [6, 6.07) is 12.6. The second-order valence-electron chi connectivity index (χ2n) is 5.81. The molecule has 0 bridgehead atoms. The topological polar surface area (TPSA) is 51.1 Å². The van der Waals surface area contributed by atoms with Gasteiger partial charge in [-0.05, 0) is 42.8 Å². The summed E-state index contributed by atoms with van der Waals surface area (Å²) in [6.45, 7) is 1.93. The van der Waals surface area contributed by atoms with Crippen molar-refractivity contribution in [3.05, 3.63) is 80.8 Å². The fourth-order valence-electron chi connectivity index (χ4n) is 2.70. The van der Waals surface area contributed by atoms with E-state index in [-0.39, 0.29) is 29.7 Å². The Morgan fingerprint density at radius 2 is 1.92 bits per heavy atom. The lowest BCUT2D eigenvalue weighted by molar-refractivity contribution is -0.122. The van der Waals surface area contributed by atoms with Crippen LogP contribution in [0.25, 0.3) is 10.9 Å². The first-order valence-corrected chi connectivity index (χ1v) is 8.57. The number of benzene rings is 2. The van der Waals surface area contributed by atoms with Crippen LogP contribution in [0.5, 0.6) is 0 Å². The molecule has 2 aromatic carbocycles. The molecule has 0 saturated carbocycles. The molecule has 0 aliphatic rings. The summed E-state index contributed by atoms with van der Waals surface area (Å²) in [5.74, 6) is -0.502. The third-order valence-electron chi connectivity index (χ3n) is 4.00. The first-order valence-electron chi connectivity index (χ1n) is 7.77. The van der Waals surface area contributed by atoms with Gasteiger partial charge in [-0.25, -0.2) is 4.39 Å². The van der Waals surface area contributed by atoms with Crippen molar-refractivity contribution in [1.29, 1.82) is 0 Å². The predicted octanol–water partition coefficient (Wildman–Crippen LogP) is 3.78. The van der Waals surface area contributed by atoms with Crippen molar-refractivity contribution in [2.45, 2.75) is 19.5 Å². The molecule has 4 nitrogen and oxygen atoms in total. The van der Waals surface area contributed by atoms with Gasteiger partial charge in [0.05, 0.1) is 11.6 Å². The summed E-state index contributed by atoms with van der Waals surface area (Å²) in [6.07, 6.45) is 1.61. The molecule has 3 rings (SSSR count). The fourth-order valence-corrected chi connectivity index (χ4v) is 3.06. The quantitative estimate of drug-likeness (QED) is 0.721. The molecular formula is C19H16BrFN2O2. The number of hydrogen-bond donors (Lipinski definition) is 1. The summed E-state index contributed by atoms with van der Waals surface area (Å²) in [5, 5.41) is 3.44. The first kappa shape index (κ1) is 17.4. The molecule has 1 heterocycles. The van der Waals surface area contributed by atoms with Crippen LogP contribution in [-0.4, -0.2) is 10.5 Å². The number of nitrogens with zero attached hydrogens (tertiary/aromatic N) is 1. The number of carbonyl (C=O) groups is 1. The number of pyridine rings is 1. The molecule has 25 heavy (non-hydrogen) atoms. The largest absolute Gasteiger partial charge is 0.348 e. The monoisotopic (exact) mass is 402 g/mol. The zero-order valence-electron chi connectivity index (χ0n) is 13.5. The second-order valence-corrected chi connectivity index (χ2v) is 6.73. The molecule has 0 unspecified atom stereocenters. The van der Waals surface area contributed by atoms with Crippen LogP contribution in [0.4, 0.5) is 4.39 Å². The van der Waals surface area contributed by atoms with E-state index in [0.717, 1.165) is 10.0 Å². The second kappa shape index (κ2) is 7.19. The van der Waals surface area contributed by atoms with Gasteiger partial charge >= 0.3 is 0 Å². The zero-order chi connectivity index (χ0) is 18.0. The summed E-state index contributed by atoms with van der Waals surface area (Å²) in [7, 11) is 0. The molecule has 0 radical (unpaired) electrons. The number of hydrogen-bond acceptors (Lipinski definition) is 2. The standard InChI is InChI=1S/C19H16BrFN2O2/c1-12(13-2-5-15(21)6-3-13)22-19(25)11-23-9-8-18(24)16-10-14(20)4-7-17(16)23/h2-10,12H,11H2,1H3,(H,22,25)/t12-/m0/s1. The van der Waals surface area contributed by atoms with Crippen molar-refractivity contribution >= 4 is 32.7 Å². The van der Waals surface area contributed by atoms with Crippen LogP contribution in [0.1, 0.15) is 18.5 Å². The van der Waals surface area contributed by atoms with E-state index in [9.17, 15) is 14.0 Å². The molecular weight excluding hydrogens is 387 g/mol. The molecule has 0 aliphatic carbocycles. The minimum absolute atomic E-state index is 0.0872. The number of halogens is 2. The highest BCUT2D eigenvalue weighted by molar-refractivity contribution is 9.10. The van der Waals surface area contributed by atoms with Gasteiger partial charge in [-0.3, -0.25) is 9.59 Å². The van der Waals surface area contributed by atoms with Crippen LogP contribution in [0.2, 0.25) is 0 Å². The van der Waals surface area contributed by atoms with Gasteiger partial charge in [-0.2, -0.15) is 0 Å². The number of aromatic nitrogens is 1. The molecule has 1 amide bonds.